The van der Waals surface area contributed by atoms with E-state index in [1.165, 1.54) is 24.7 Å². The van der Waals surface area contributed by atoms with Gasteiger partial charge in [0.05, 0.1) is 11.8 Å². The Labute approximate surface area is 108 Å². The molecule has 0 aliphatic carbocycles. The van der Waals surface area contributed by atoms with Gasteiger partial charge in [0.25, 0.3) is 0 Å². The summed E-state index contributed by atoms with van der Waals surface area (Å²) in [6, 6.07) is 5.01. The Bertz CT molecular complexity index is 677. The summed E-state index contributed by atoms with van der Waals surface area (Å²) in [5.74, 6) is -0.753. The van der Waals surface area contributed by atoms with Crippen molar-refractivity contribution < 1.29 is 14.6 Å². The molecule has 6 nitrogen and oxygen atoms in total. The van der Waals surface area contributed by atoms with Gasteiger partial charge in [-0.05, 0) is 24.6 Å². The van der Waals surface area contributed by atoms with Crippen LogP contribution in [-0.2, 0) is 0 Å². The lowest BCUT2D eigenvalue weighted by atomic mass is 10.2. The summed E-state index contributed by atoms with van der Waals surface area (Å²) < 4.78 is 5.41. The first-order valence-corrected chi connectivity index (χ1v) is 5.33. The zero-order valence-corrected chi connectivity index (χ0v) is 9.99. The zero-order valence-electron chi connectivity index (χ0n) is 9.99. The van der Waals surface area contributed by atoms with Crippen molar-refractivity contribution in [2.75, 3.05) is 0 Å². The highest BCUT2D eigenvalue weighted by Gasteiger charge is 2.11. The molecule has 0 spiro atoms. The predicted molar refractivity (Wildman–Crippen MR) is 65.0 cm³/mol. The maximum absolute atomic E-state index is 10.8. The van der Waals surface area contributed by atoms with E-state index in [0.29, 0.717) is 5.56 Å². The van der Waals surface area contributed by atoms with Crippen LogP contribution in [0.3, 0.4) is 0 Å². The van der Waals surface area contributed by atoms with Crippen molar-refractivity contribution in [2.45, 2.75) is 6.92 Å². The predicted octanol–water partition coefficient (Wildman–Crippen LogP) is 2.15. The fourth-order valence-electron chi connectivity index (χ4n) is 1.45. The van der Waals surface area contributed by atoms with Crippen LogP contribution in [0.5, 0.6) is 11.6 Å². The smallest absolute Gasteiger partial charge is 0.337 e. The van der Waals surface area contributed by atoms with E-state index in [1.807, 2.05) is 6.07 Å². The molecule has 1 N–H and O–H groups in total. The van der Waals surface area contributed by atoms with Crippen molar-refractivity contribution in [2.24, 2.45) is 0 Å². The molecule has 0 fully saturated rings. The molecule has 19 heavy (non-hydrogen) atoms. The Kier molecular flexibility index (Phi) is 3.39. The van der Waals surface area contributed by atoms with Crippen LogP contribution in [0.2, 0.25) is 0 Å². The third kappa shape index (κ3) is 2.66. The minimum absolute atomic E-state index is 0.00339. The van der Waals surface area contributed by atoms with Crippen LogP contribution >= 0.6 is 0 Å². The average molecular weight is 255 g/mol. The summed E-state index contributed by atoms with van der Waals surface area (Å²) in [5.41, 5.74) is 1.04. The van der Waals surface area contributed by atoms with E-state index >= 15 is 0 Å². The molecule has 2 aromatic heterocycles. The molecule has 0 aliphatic rings. The fourth-order valence-corrected chi connectivity index (χ4v) is 1.45. The highest BCUT2D eigenvalue weighted by molar-refractivity contribution is 5.87. The number of aromatic nitrogens is 2. The first kappa shape index (κ1) is 12.5. The number of aryl methyl sites for hydroxylation is 1. The van der Waals surface area contributed by atoms with Crippen molar-refractivity contribution in [1.29, 1.82) is 5.26 Å². The summed E-state index contributed by atoms with van der Waals surface area (Å²) in [6.07, 6.45) is 4.08. The molecule has 0 aliphatic heterocycles. The summed E-state index contributed by atoms with van der Waals surface area (Å²) >= 11 is 0. The molecule has 2 heterocycles. The van der Waals surface area contributed by atoms with Crippen LogP contribution in [0, 0.1) is 18.3 Å². The molecule has 2 aromatic rings. The Morgan fingerprint density at radius 2 is 2.26 bits per heavy atom. The van der Waals surface area contributed by atoms with Crippen LogP contribution in [-0.4, -0.2) is 21.0 Å². The second-order valence-corrected chi connectivity index (χ2v) is 3.74. The first-order chi connectivity index (χ1) is 9.11. The summed E-state index contributed by atoms with van der Waals surface area (Å²) in [7, 11) is 0. The lowest BCUT2D eigenvalue weighted by molar-refractivity contribution is 0.0696. The Morgan fingerprint density at radius 1 is 1.47 bits per heavy atom. The lowest BCUT2D eigenvalue weighted by Gasteiger charge is -2.07. The average Bonchev–Trinajstić information content (AvgIpc) is 2.39. The lowest BCUT2D eigenvalue weighted by Crippen LogP contribution is -1.99. The number of rotatable bonds is 3. The first-order valence-electron chi connectivity index (χ1n) is 5.33. The van der Waals surface area contributed by atoms with E-state index in [2.05, 4.69) is 9.97 Å². The quantitative estimate of drug-likeness (QED) is 0.902. The highest BCUT2D eigenvalue weighted by atomic mass is 16.5. The number of nitrogens with zero attached hydrogens (tertiary/aromatic N) is 3. The topological polar surface area (TPSA) is 96.1 Å². The number of carboxylic acids is 1. The highest BCUT2D eigenvalue weighted by Crippen LogP contribution is 2.24. The standard InChI is InChI=1S/C13H9N3O3/c1-8-2-3-16-12(11(8)5-14)19-10-4-9(13(17)18)6-15-7-10/h2-4,6-7H,1H3,(H,17,18). The molecule has 0 atom stereocenters. The van der Waals surface area contributed by atoms with E-state index in [9.17, 15) is 4.79 Å². The van der Waals surface area contributed by atoms with E-state index < -0.39 is 5.97 Å². The van der Waals surface area contributed by atoms with Crippen LogP contribution in [0.1, 0.15) is 21.5 Å². The number of carboxylic acid groups (broad SMARTS) is 1. The van der Waals surface area contributed by atoms with Gasteiger partial charge < -0.3 is 9.84 Å². The molecule has 0 saturated carbocycles. The third-order valence-electron chi connectivity index (χ3n) is 2.41. The van der Waals surface area contributed by atoms with E-state index in [4.69, 9.17) is 15.1 Å². The molecule has 0 saturated heterocycles. The molecule has 0 aromatic carbocycles. The van der Waals surface area contributed by atoms with Crippen LogP contribution < -0.4 is 4.74 Å². The van der Waals surface area contributed by atoms with Gasteiger partial charge in [-0.3, -0.25) is 4.98 Å². The Balaban J connectivity index is 2.37. The molecule has 2 rings (SSSR count). The third-order valence-corrected chi connectivity index (χ3v) is 2.41. The zero-order chi connectivity index (χ0) is 13.8. The van der Waals surface area contributed by atoms with Gasteiger partial charge in [-0.1, -0.05) is 0 Å². The largest absolute Gasteiger partial charge is 0.478 e. The maximum atomic E-state index is 10.8. The van der Waals surface area contributed by atoms with Crippen LogP contribution in [0.15, 0.2) is 30.7 Å². The number of hydrogen-bond acceptors (Lipinski definition) is 5. The van der Waals surface area contributed by atoms with Crippen molar-refractivity contribution in [3.05, 3.63) is 47.4 Å². The van der Waals surface area contributed by atoms with Gasteiger partial charge in [0, 0.05) is 12.4 Å². The van der Waals surface area contributed by atoms with Gasteiger partial charge in [0.15, 0.2) is 0 Å². The van der Waals surface area contributed by atoms with E-state index in [-0.39, 0.29) is 17.2 Å². The monoisotopic (exact) mass is 255 g/mol. The number of nitriles is 1. The van der Waals surface area contributed by atoms with Crippen molar-refractivity contribution in [3.63, 3.8) is 0 Å². The number of aromatic carboxylic acids is 1. The summed E-state index contributed by atoms with van der Waals surface area (Å²) in [6.45, 7) is 1.76. The van der Waals surface area contributed by atoms with E-state index in [1.54, 1.807) is 13.0 Å². The SMILES string of the molecule is Cc1ccnc(Oc2cncc(C(=O)O)c2)c1C#N. The minimum Gasteiger partial charge on any atom is -0.478 e. The number of pyridine rings is 2. The molecule has 0 bridgehead atoms. The van der Waals surface area contributed by atoms with Gasteiger partial charge in [0.1, 0.15) is 17.4 Å². The van der Waals surface area contributed by atoms with Gasteiger partial charge >= 0.3 is 5.97 Å². The van der Waals surface area contributed by atoms with Crippen molar-refractivity contribution >= 4 is 5.97 Å². The molecule has 0 radical (unpaired) electrons. The molecule has 0 amide bonds. The van der Waals surface area contributed by atoms with Gasteiger partial charge in [-0.25, -0.2) is 9.78 Å². The van der Waals surface area contributed by atoms with Crippen molar-refractivity contribution in [1.82, 2.24) is 9.97 Å². The second-order valence-electron chi connectivity index (χ2n) is 3.74. The van der Waals surface area contributed by atoms with Gasteiger partial charge in [-0.2, -0.15) is 5.26 Å². The number of hydrogen-bond donors (Lipinski definition) is 1. The van der Waals surface area contributed by atoms with Crippen LogP contribution in [0.25, 0.3) is 0 Å². The number of carbonyl (C=O) groups is 1. The Hall–Kier alpha value is -2.94. The van der Waals surface area contributed by atoms with E-state index in [0.717, 1.165) is 5.56 Å². The van der Waals surface area contributed by atoms with Gasteiger partial charge in [-0.15, -0.1) is 0 Å². The minimum atomic E-state index is -1.10. The molecule has 0 unspecified atom stereocenters. The normalized spacial score (nSPS) is 9.68. The molecule has 6 heteroatoms. The van der Waals surface area contributed by atoms with Crippen molar-refractivity contribution in [3.8, 4) is 17.7 Å². The number of ether oxygens (including phenoxy) is 1. The fraction of sp³-hybridized carbons (Fsp3) is 0.0769. The van der Waals surface area contributed by atoms with Gasteiger partial charge in [0.2, 0.25) is 5.88 Å². The Morgan fingerprint density at radius 3 is 2.95 bits per heavy atom. The molecule has 94 valence electrons. The summed E-state index contributed by atoms with van der Waals surface area (Å²) in [5, 5.41) is 17.9. The molecular weight excluding hydrogens is 246 g/mol. The molecular formula is C13H9N3O3. The maximum Gasteiger partial charge on any atom is 0.337 e. The van der Waals surface area contributed by atoms with Crippen LogP contribution in [0.4, 0.5) is 0 Å². The second kappa shape index (κ2) is 5.14. The summed E-state index contributed by atoms with van der Waals surface area (Å²) in [4.78, 5) is 18.5.